The number of hydrogen-bond acceptors (Lipinski definition) is 4. The molecule has 0 saturated heterocycles. The lowest BCUT2D eigenvalue weighted by molar-refractivity contribution is 0.0950. The molecule has 3 aromatic heterocycles. The molecule has 0 radical (unpaired) electrons. The first kappa shape index (κ1) is 13.5. The molecule has 0 aromatic carbocycles. The molecule has 0 aliphatic heterocycles. The zero-order chi connectivity index (χ0) is 14.7. The van der Waals surface area contributed by atoms with E-state index in [1.54, 1.807) is 17.1 Å². The van der Waals surface area contributed by atoms with Crippen molar-refractivity contribution in [1.29, 1.82) is 0 Å². The van der Waals surface area contributed by atoms with Crippen LogP contribution in [0.4, 0.5) is 0 Å². The Morgan fingerprint density at radius 1 is 1.43 bits per heavy atom. The van der Waals surface area contributed by atoms with Crippen molar-refractivity contribution < 1.29 is 4.79 Å². The van der Waals surface area contributed by atoms with Crippen LogP contribution in [-0.4, -0.2) is 20.7 Å². The normalized spacial score (nSPS) is 10.5. The van der Waals surface area contributed by atoms with E-state index in [0.29, 0.717) is 12.1 Å². The average molecular weight is 298 g/mol. The molecule has 106 valence electrons. The molecule has 3 heterocycles. The first-order valence-corrected chi connectivity index (χ1v) is 7.42. The van der Waals surface area contributed by atoms with Crippen LogP contribution >= 0.6 is 11.3 Å². The molecule has 5 nitrogen and oxygen atoms in total. The summed E-state index contributed by atoms with van der Waals surface area (Å²) in [4.78, 5) is 16.0. The Kier molecular flexibility index (Phi) is 3.79. The highest BCUT2D eigenvalue weighted by molar-refractivity contribution is 7.08. The van der Waals surface area contributed by atoms with Crippen molar-refractivity contribution in [3.8, 4) is 11.3 Å². The van der Waals surface area contributed by atoms with Gasteiger partial charge in [-0.2, -0.15) is 16.4 Å². The minimum Gasteiger partial charge on any atom is -0.346 e. The molecule has 0 bridgehead atoms. The summed E-state index contributed by atoms with van der Waals surface area (Å²) >= 11 is 1.51. The molecular formula is C15H14N4OS. The average Bonchev–Trinajstić information content (AvgIpc) is 3.16. The van der Waals surface area contributed by atoms with Gasteiger partial charge in [0.1, 0.15) is 0 Å². The van der Waals surface area contributed by atoms with Crippen molar-refractivity contribution in [3.05, 3.63) is 58.7 Å². The Labute approximate surface area is 126 Å². The Morgan fingerprint density at radius 3 is 3.05 bits per heavy atom. The maximum atomic E-state index is 11.9. The van der Waals surface area contributed by atoms with Crippen LogP contribution in [0.25, 0.3) is 11.3 Å². The number of pyridine rings is 1. The number of carbonyl (C=O) groups is 1. The number of nitrogens with zero attached hydrogens (tertiary/aromatic N) is 3. The van der Waals surface area contributed by atoms with Gasteiger partial charge in [0.25, 0.3) is 5.91 Å². The minimum atomic E-state index is -0.0691. The van der Waals surface area contributed by atoms with Gasteiger partial charge in [-0.05, 0) is 29.6 Å². The Bertz CT molecular complexity index is 734. The molecule has 0 aliphatic carbocycles. The van der Waals surface area contributed by atoms with E-state index in [-0.39, 0.29) is 5.91 Å². The third-order valence-corrected chi connectivity index (χ3v) is 3.83. The van der Waals surface area contributed by atoms with Crippen LogP contribution in [0.15, 0.2) is 47.4 Å². The summed E-state index contributed by atoms with van der Waals surface area (Å²) in [5, 5.41) is 11.1. The number of aromatic nitrogens is 3. The van der Waals surface area contributed by atoms with Crippen LogP contribution in [0.1, 0.15) is 16.1 Å². The van der Waals surface area contributed by atoms with E-state index >= 15 is 0 Å². The van der Waals surface area contributed by atoms with Gasteiger partial charge in [0.05, 0.1) is 17.9 Å². The summed E-state index contributed by atoms with van der Waals surface area (Å²) in [5.41, 5.74) is 3.45. The lowest BCUT2D eigenvalue weighted by Gasteiger charge is -2.03. The lowest BCUT2D eigenvalue weighted by atomic mass is 10.2. The number of thiophene rings is 1. The Morgan fingerprint density at radius 2 is 2.33 bits per heavy atom. The number of nitrogens with one attached hydrogen (secondary N) is 1. The quantitative estimate of drug-likeness (QED) is 0.805. The molecule has 0 saturated carbocycles. The molecule has 6 heteroatoms. The van der Waals surface area contributed by atoms with Crippen LogP contribution in [0.2, 0.25) is 0 Å². The van der Waals surface area contributed by atoms with Crippen LogP contribution in [0.5, 0.6) is 0 Å². The molecule has 0 atom stereocenters. The molecule has 0 unspecified atom stereocenters. The van der Waals surface area contributed by atoms with Gasteiger partial charge in [0, 0.05) is 35.9 Å². The van der Waals surface area contributed by atoms with Crippen molar-refractivity contribution >= 4 is 17.2 Å². The van der Waals surface area contributed by atoms with E-state index < -0.39 is 0 Å². The smallest absolute Gasteiger partial charge is 0.252 e. The van der Waals surface area contributed by atoms with Gasteiger partial charge >= 0.3 is 0 Å². The summed E-state index contributed by atoms with van der Waals surface area (Å²) in [5.74, 6) is -0.0691. The monoisotopic (exact) mass is 298 g/mol. The second-order valence-corrected chi connectivity index (χ2v) is 5.36. The van der Waals surface area contributed by atoms with E-state index in [1.165, 1.54) is 11.3 Å². The molecule has 0 fully saturated rings. The number of carbonyl (C=O) groups excluding carboxylic acids is 1. The summed E-state index contributed by atoms with van der Waals surface area (Å²) in [7, 11) is 1.87. The minimum absolute atomic E-state index is 0.0691. The second-order valence-electron chi connectivity index (χ2n) is 4.58. The topological polar surface area (TPSA) is 59.8 Å². The van der Waals surface area contributed by atoms with Crippen molar-refractivity contribution in [2.45, 2.75) is 6.54 Å². The Hall–Kier alpha value is -2.47. The molecule has 21 heavy (non-hydrogen) atoms. The van der Waals surface area contributed by atoms with Gasteiger partial charge in [-0.15, -0.1) is 0 Å². The largest absolute Gasteiger partial charge is 0.346 e. The van der Waals surface area contributed by atoms with E-state index in [4.69, 9.17) is 0 Å². The second kappa shape index (κ2) is 5.88. The molecule has 1 N–H and O–H groups in total. The predicted octanol–water partition coefficient (Wildman–Crippen LogP) is 2.47. The van der Waals surface area contributed by atoms with Gasteiger partial charge in [-0.1, -0.05) is 0 Å². The van der Waals surface area contributed by atoms with Crippen LogP contribution < -0.4 is 5.32 Å². The fraction of sp³-hybridized carbons (Fsp3) is 0.133. The highest BCUT2D eigenvalue weighted by atomic mass is 32.1. The van der Waals surface area contributed by atoms with E-state index in [9.17, 15) is 4.79 Å². The SMILES string of the molecule is Cn1nc(-c2cccnc2)cc1CNC(=O)c1ccsc1. The fourth-order valence-electron chi connectivity index (χ4n) is 1.99. The van der Waals surface area contributed by atoms with Crippen molar-refractivity contribution in [2.24, 2.45) is 7.05 Å². The van der Waals surface area contributed by atoms with Crippen LogP contribution in [0.3, 0.4) is 0 Å². The van der Waals surface area contributed by atoms with Crippen LogP contribution in [-0.2, 0) is 13.6 Å². The number of aryl methyl sites for hydroxylation is 1. The van der Waals surface area contributed by atoms with Gasteiger partial charge in [0.15, 0.2) is 0 Å². The first-order chi connectivity index (χ1) is 10.2. The third kappa shape index (κ3) is 3.00. The lowest BCUT2D eigenvalue weighted by Crippen LogP contribution is -2.23. The number of amides is 1. The standard InChI is InChI=1S/C15H14N4OS/c1-19-13(9-17-15(20)12-4-6-21-10-12)7-14(18-19)11-3-2-5-16-8-11/h2-8,10H,9H2,1H3,(H,17,20). The van der Waals surface area contributed by atoms with Crippen molar-refractivity contribution in [2.75, 3.05) is 0 Å². The first-order valence-electron chi connectivity index (χ1n) is 6.48. The zero-order valence-corrected chi connectivity index (χ0v) is 12.3. The number of rotatable bonds is 4. The van der Waals surface area contributed by atoms with Gasteiger partial charge < -0.3 is 5.32 Å². The van der Waals surface area contributed by atoms with Gasteiger partial charge in [0.2, 0.25) is 0 Å². The summed E-state index contributed by atoms with van der Waals surface area (Å²) in [6.07, 6.45) is 3.50. The molecular weight excluding hydrogens is 284 g/mol. The van der Waals surface area contributed by atoms with Crippen molar-refractivity contribution in [1.82, 2.24) is 20.1 Å². The van der Waals surface area contributed by atoms with E-state index in [1.807, 2.05) is 42.1 Å². The maximum Gasteiger partial charge on any atom is 0.252 e. The summed E-state index contributed by atoms with van der Waals surface area (Å²) < 4.78 is 1.77. The molecule has 3 aromatic rings. The third-order valence-electron chi connectivity index (χ3n) is 3.15. The highest BCUT2D eigenvalue weighted by Crippen LogP contribution is 2.17. The molecule has 1 amide bonds. The van der Waals surface area contributed by atoms with Gasteiger partial charge in [-0.25, -0.2) is 0 Å². The summed E-state index contributed by atoms with van der Waals surface area (Å²) in [6, 6.07) is 7.61. The molecule has 3 rings (SSSR count). The maximum absolute atomic E-state index is 11.9. The van der Waals surface area contributed by atoms with E-state index in [2.05, 4.69) is 15.4 Å². The summed E-state index contributed by atoms with van der Waals surface area (Å²) in [6.45, 7) is 0.443. The highest BCUT2D eigenvalue weighted by Gasteiger charge is 2.10. The van der Waals surface area contributed by atoms with Crippen molar-refractivity contribution in [3.63, 3.8) is 0 Å². The molecule has 0 aliphatic rings. The van der Waals surface area contributed by atoms with Gasteiger partial charge in [-0.3, -0.25) is 14.5 Å². The fourth-order valence-corrected chi connectivity index (χ4v) is 2.63. The Balaban J connectivity index is 1.72. The number of hydrogen-bond donors (Lipinski definition) is 1. The predicted molar refractivity (Wildman–Crippen MR) is 81.9 cm³/mol. The van der Waals surface area contributed by atoms with Crippen LogP contribution in [0, 0.1) is 0 Å². The zero-order valence-electron chi connectivity index (χ0n) is 11.5. The van der Waals surface area contributed by atoms with E-state index in [0.717, 1.165) is 17.0 Å². The molecule has 0 spiro atoms.